The van der Waals surface area contributed by atoms with E-state index >= 15 is 0 Å². The zero-order chi connectivity index (χ0) is 26.1. The molecule has 2 aromatic heterocycles. The van der Waals surface area contributed by atoms with Gasteiger partial charge in [0.15, 0.2) is 15.2 Å². The van der Waals surface area contributed by atoms with Crippen LogP contribution in [0.4, 0.5) is 5.13 Å². The van der Waals surface area contributed by atoms with Crippen molar-refractivity contribution in [1.82, 2.24) is 25.4 Å². The smallest absolute Gasteiger partial charge is 0.352 e. The van der Waals surface area contributed by atoms with E-state index in [2.05, 4.69) is 25.7 Å². The highest BCUT2D eigenvalue weighted by atomic mass is 35.5. The number of nitrogens with zero attached hydrogens (tertiary/aromatic N) is 5. The second-order valence-electron chi connectivity index (χ2n) is 7.88. The van der Waals surface area contributed by atoms with Crippen molar-refractivity contribution < 1.29 is 24.3 Å². The Balaban J connectivity index is 1.33. The highest BCUT2D eigenvalue weighted by molar-refractivity contribution is 8.01. The molecular formula is C20H18ClN7O5S4. The molecule has 3 aliphatic rings. The van der Waals surface area contributed by atoms with Crippen LogP contribution in [0.5, 0.6) is 0 Å². The maximum Gasteiger partial charge on any atom is 0.352 e. The number of carboxylic acid groups (broad SMARTS) is 1. The molecule has 37 heavy (non-hydrogen) atoms. The summed E-state index contributed by atoms with van der Waals surface area (Å²) in [5, 5.41) is 23.8. The molecule has 5 rings (SSSR count). The van der Waals surface area contributed by atoms with Crippen molar-refractivity contribution in [1.29, 1.82) is 0 Å². The highest BCUT2D eigenvalue weighted by Gasteiger charge is 2.54. The fourth-order valence-electron chi connectivity index (χ4n) is 3.85. The molecule has 194 valence electrons. The van der Waals surface area contributed by atoms with Gasteiger partial charge < -0.3 is 21.0 Å². The van der Waals surface area contributed by atoms with E-state index in [0.717, 1.165) is 17.8 Å². The number of thiazole rings is 1. The number of β-lactam (4-membered cyclic amide) rings is 1. The number of halogens is 1. The Morgan fingerprint density at radius 1 is 1.43 bits per heavy atom. The third kappa shape index (κ3) is 5.34. The average Bonchev–Trinajstić information content (AvgIpc) is 3.64. The Kier molecular flexibility index (Phi) is 7.71. The first kappa shape index (κ1) is 26.0. The number of thioether (sulfide) groups is 2. The maximum absolute atomic E-state index is 13.2. The summed E-state index contributed by atoms with van der Waals surface area (Å²) < 4.78 is 0.854. The molecule has 2 aromatic rings. The summed E-state index contributed by atoms with van der Waals surface area (Å²) in [4.78, 5) is 49.2. The van der Waals surface area contributed by atoms with E-state index in [1.54, 1.807) is 5.51 Å². The number of carbonyl (C=O) groups is 3. The Morgan fingerprint density at radius 2 is 2.27 bits per heavy atom. The second-order valence-corrected chi connectivity index (χ2v) is 12.7. The Bertz CT molecular complexity index is 1330. The van der Waals surface area contributed by atoms with Crippen molar-refractivity contribution in [2.75, 3.05) is 17.2 Å². The Morgan fingerprint density at radius 3 is 2.92 bits per heavy atom. The summed E-state index contributed by atoms with van der Waals surface area (Å²) in [6.45, 7) is 0. The molecule has 2 unspecified atom stereocenters. The first-order chi connectivity index (χ1) is 17.8. The van der Waals surface area contributed by atoms with E-state index < -0.39 is 29.2 Å². The summed E-state index contributed by atoms with van der Waals surface area (Å²) in [5.41, 5.74) is 7.69. The van der Waals surface area contributed by atoms with Crippen molar-refractivity contribution in [2.45, 2.75) is 34.7 Å². The van der Waals surface area contributed by atoms with Gasteiger partial charge in [0.1, 0.15) is 38.8 Å². The molecule has 3 atom stereocenters. The lowest BCUT2D eigenvalue weighted by atomic mass is 10.0. The number of nitrogen functional groups attached to an aromatic ring is 1. The third-order valence-electron chi connectivity index (χ3n) is 5.54. The molecule has 1 saturated heterocycles. The van der Waals surface area contributed by atoms with Crippen LogP contribution in [0.15, 0.2) is 38.4 Å². The molecule has 4 N–H and O–H groups in total. The third-order valence-corrected chi connectivity index (χ3v) is 9.91. The summed E-state index contributed by atoms with van der Waals surface area (Å²) >= 11 is 11.3. The number of oxime groups is 1. The maximum atomic E-state index is 13.2. The monoisotopic (exact) mass is 599 g/mol. The Labute approximate surface area is 231 Å². The number of carboxylic acids is 1. The molecule has 0 aromatic carbocycles. The molecule has 0 radical (unpaired) electrons. The Hall–Kier alpha value is -2.66. The van der Waals surface area contributed by atoms with Gasteiger partial charge in [-0.1, -0.05) is 57.3 Å². The van der Waals surface area contributed by atoms with Crippen molar-refractivity contribution >= 4 is 86.4 Å². The normalized spacial score (nSPS) is 23.2. The van der Waals surface area contributed by atoms with E-state index in [0.29, 0.717) is 27.8 Å². The van der Waals surface area contributed by atoms with Crippen LogP contribution in [0.25, 0.3) is 0 Å². The van der Waals surface area contributed by atoms with Gasteiger partial charge in [-0.15, -0.1) is 22.0 Å². The van der Waals surface area contributed by atoms with Crippen LogP contribution in [0, 0.1) is 0 Å². The van der Waals surface area contributed by atoms with Gasteiger partial charge in [-0.05, 0) is 24.5 Å². The molecule has 2 amide bonds. The number of allylic oxidation sites excluding steroid dienone is 1. The van der Waals surface area contributed by atoms with Crippen molar-refractivity contribution in [3.05, 3.63) is 39.0 Å². The van der Waals surface area contributed by atoms with Gasteiger partial charge in [0.25, 0.3) is 11.8 Å². The lowest BCUT2D eigenvalue weighted by molar-refractivity contribution is -0.150. The standard InChI is InChI=1S/C20H18ClN7O5S4/c21-14-10(25-19(22)37-14)11(27-33-9-3-1-2-4-9)15(29)24-12-16(30)28-13(18(31)32)8(5-34-17(12)28)6-35-20-26-23-7-36-20/h1,3,7,9,12,17H,2,4-6H2,(H2,22,25)(H,24,29)(H,31,32)/b27-11+/t9?,12?,17-/m1/s1. The molecule has 2 aliphatic heterocycles. The molecular weight excluding hydrogens is 582 g/mol. The number of aromatic nitrogens is 3. The number of aliphatic carboxylic acids is 1. The van der Waals surface area contributed by atoms with Gasteiger partial charge in [0.05, 0.1) is 0 Å². The first-order valence-corrected chi connectivity index (χ1v) is 14.9. The van der Waals surface area contributed by atoms with E-state index in [9.17, 15) is 19.5 Å². The van der Waals surface area contributed by atoms with Crippen molar-refractivity contribution in [3.63, 3.8) is 0 Å². The molecule has 12 nitrogen and oxygen atoms in total. The van der Waals surface area contributed by atoms with Crippen molar-refractivity contribution in [3.8, 4) is 0 Å². The van der Waals surface area contributed by atoms with Crippen LogP contribution in [0.1, 0.15) is 18.5 Å². The molecule has 0 saturated carbocycles. The van der Waals surface area contributed by atoms with Crippen LogP contribution in [-0.2, 0) is 19.2 Å². The van der Waals surface area contributed by atoms with Gasteiger partial charge in [-0.3, -0.25) is 14.5 Å². The lowest BCUT2D eigenvalue weighted by Gasteiger charge is -2.49. The van der Waals surface area contributed by atoms with Crippen LogP contribution >= 0.6 is 57.8 Å². The largest absolute Gasteiger partial charge is 0.477 e. The summed E-state index contributed by atoms with van der Waals surface area (Å²) in [5.74, 6) is -1.75. The number of anilines is 1. The fraction of sp³-hybridized carbons (Fsp3) is 0.350. The van der Waals surface area contributed by atoms with Crippen LogP contribution in [0.2, 0.25) is 4.34 Å². The number of fused-ring (bicyclic) bond motifs is 1. The number of hydrogen-bond donors (Lipinski definition) is 3. The minimum absolute atomic E-state index is 0.0469. The summed E-state index contributed by atoms with van der Waals surface area (Å²) in [7, 11) is 0. The van der Waals surface area contributed by atoms with E-state index in [1.807, 2.05) is 12.2 Å². The predicted octanol–water partition coefficient (Wildman–Crippen LogP) is 2.20. The van der Waals surface area contributed by atoms with Gasteiger partial charge >= 0.3 is 5.97 Å². The number of hydrogen-bond acceptors (Lipinski definition) is 13. The molecule has 0 bridgehead atoms. The predicted molar refractivity (Wildman–Crippen MR) is 142 cm³/mol. The molecule has 17 heteroatoms. The number of nitrogens with two attached hydrogens (primary N) is 1. The zero-order valence-corrected chi connectivity index (χ0v) is 22.7. The average molecular weight is 600 g/mol. The van der Waals surface area contributed by atoms with Gasteiger partial charge in [0, 0.05) is 11.5 Å². The summed E-state index contributed by atoms with van der Waals surface area (Å²) in [6, 6.07) is -0.962. The van der Waals surface area contributed by atoms with E-state index in [-0.39, 0.29) is 32.7 Å². The van der Waals surface area contributed by atoms with Gasteiger partial charge in [-0.25, -0.2) is 9.78 Å². The molecule has 1 aliphatic carbocycles. The van der Waals surface area contributed by atoms with E-state index in [4.69, 9.17) is 22.2 Å². The number of nitrogens with one attached hydrogen (secondary N) is 1. The van der Waals surface area contributed by atoms with Gasteiger partial charge in [-0.2, -0.15) is 0 Å². The van der Waals surface area contributed by atoms with E-state index in [1.165, 1.54) is 39.8 Å². The molecule has 1 fully saturated rings. The minimum atomic E-state index is -1.21. The molecule has 0 spiro atoms. The topological polar surface area (TPSA) is 173 Å². The quantitative estimate of drug-likeness (QED) is 0.127. The minimum Gasteiger partial charge on any atom is -0.477 e. The highest BCUT2D eigenvalue weighted by Crippen LogP contribution is 2.41. The number of rotatable bonds is 9. The van der Waals surface area contributed by atoms with Crippen LogP contribution < -0.4 is 11.1 Å². The molecule has 4 heterocycles. The zero-order valence-electron chi connectivity index (χ0n) is 18.7. The number of carbonyl (C=O) groups excluding carboxylic acids is 2. The van der Waals surface area contributed by atoms with Crippen LogP contribution in [0.3, 0.4) is 0 Å². The fourth-order valence-corrected chi connectivity index (χ4v) is 7.75. The lowest BCUT2D eigenvalue weighted by Crippen LogP contribution is -2.71. The second kappa shape index (κ2) is 11.0. The van der Waals surface area contributed by atoms with Gasteiger partial charge in [0.2, 0.25) is 0 Å². The SMILES string of the molecule is Nc1nc(/C(=N\OC2C=CCC2)C(=O)NC2C(=O)N3C(C(=O)O)=C(CSc4nncs4)CS[C@H]23)c(Cl)s1. The van der Waals surface area contributed by atoms with Crippen molar-refractivity contribution in [2.24, 2.45) is 5.16 Å². The number of amides is 2. The first-order valence-electron chi connectivity index (χ1n) is 10.8. The van der Waals surface area contributed by atoms with Crippen LogP contribution in [-0.4, -0.2) is 77.7 Å². The summed E-state index contributed by atoms with van der Waals surface area (Å²) in [6.07, 6.45) is 5.03.